The lowest BCUT2D eigenvalue weighted by atomic mass is 10.1. The van der Waals surface area contributed by atoms with E-state index >= 15 is 0 Å². The van der Waals surface area contributed by atoms with Crippen LogP contribution >= 0.6 is 51.7 Å². The van der Waals surface area contributed by atoms with Gasteiger partial charge in [0, 0.05) is 48.0 Å². The van der Waals surface area contributed by atoms with Gasteiger partial charge in [0.1, 0.15) is 5.65 Å². The average molecular weight is 538 g/mol. The van der Waals surface area contributed by atoms with Gasteiger partial charge in [-0.2, -0.15) is 11.8 Å². The van der Waals surface area contributed by atoms with Gasteiger partial charge in [0.2, 0.25) is 0 Å². The molecule has 0 saturated carbocycles. The third kappa shape index (κ3) is 5.26. The van der Waals surface area contributed by atoms with Crippen LogP contribution in [0.3, 0.4) is 0 Å². The molecule has 3 heterocycles. The van der Waals surface area contributed by atoms with Crippen LogP contribution < -0.4 is 5.32 Å². The zero-order valence-electron chi connectivity index (χ0n) is 14.8. The van der Waals surface area contributed by atoms with Crippen LogP contribution in [0.5, 0.6) is 0 Å². The first kappa shape index (κ1) is 20.8. The van der Waals surface area contributed by atoms with Gasteiger partial charge < -0.3 is 14.6 Å². The minimum atomic E-state index is 0. The molecule has 1 saturated heterocycles. The Morgan fingerprint density at radius 1 is 1.44 bits per heavy atom. The van der Waals surface area contributed by atoms with Crippen molar-refractivity contribution in [1.82, 2.24) is 19.6 Å². The zero-order chi connectivity index (χ0) is 17.1. The van der Waals surface area contributed by atoms with E-state index < -0.39 is 0 Å². The van der Waals surface area contributed by atoms with Gasteiger partial charge in [-0.15, -0.1) is 24.0 Å². The van der Waals surface area contributed by atoms with Gasteiger partial charge >= 0.3 is 0 Å². The number of nitrogens with zero attached hydrogens (tertiary/aromatic N) is 4. The highest BCUT2D eigenvalue weighted by molar-refractivity contribution is 14.0. The summed E-state index contributed by atoms with van der Waals surface area (Å²) in [7, 11) is 1.86. The van der Waals surface area contributed by atoms with Crippen LogP contribution in [0.2, 0.25) is 0 Å². The molecular formula is C17H25BrIN5S. The summed E-state index contributed by atoms with van der Waals surface area (Å²) in [6, 6.07) is 4.02. The van der Waals surface area contributed by atoms with Gasteiger partial charge in [-0.3, -0.25) is 4.99 Å². The lowest BCUT2D eigenvalue weighted by Crippen LogP contribution is -2.48. The standard InChI is InChI=1S/C17H24BrN5S.HI/c1-12(2)15-11-22(6-7-24-15)17(19-3)20-8-14-10-23-9-13(18)4-5-16(23)21-14;/h4-5,9-10,12,15H,6-8,11H2,1-3H3,(H,19,20);1H. The van der Waals surface area contributed by atoms with Gasteiger partial charge in [0.25, 0.3) is 0 Å². The number of guanidine groups is 1. The number of nitrogens with one attached hydrogen (secondary N) is 1. The highest BCUT2D eigenvalue weighted by Gasteiger charge is 2.24. The Hall–Kier alpha value is -0.480. The number of pyridine rings is 1. The number of hydrogen-bond donors (Lipinski definition) is 1. The minimum absolute atomic E-state index is 0. The van der Waals surface area contributed by atoms with E-state index in [0.29, 0.717) is 17.7 Å². The van der Waals surface area contributed by atoms with Gasteiger partial charge in [-0.1, -0.05) is 13.8 Å². The maximum absolute atomic E-state index is 4.65. The second-order valence-electron chi connectivity index (χ2n) is 6.35. The molecule has 1 unspecified atom stereocenters. The molecule has 0 spiro atoms. The fourth-order valence-electron chi connectivity index (χ4n) is 2.88. The van der Waals surface area contributed by atoms with Crippen molar-refractivity contribution in [1.29, 1.82) is 0 Å². The lowest BCUT2D eigenvalue weighted by molar-refractivity contribution is 0.380. The van der Waals surface area contributed by atoms with Crippen LogP contribution in [0.1, 0.15) is 19.5 Å². The maximum atomic E-state index is 4.65. The van der Waals surface area contributed by atoms with E-state index in [1.54, 1.807) is 0 Å². The van der Waals surface area contributed by atoms with Gasteiger partial charge in [0.15, 0.2) is 5.96 Å². The fourth-order valence-corrected chi connectivity index (χ4v) is 4.53. The monoisotopic (exact) mass is 537 g/mol. The highest BCUT2D eigenvalue weighted by Crippen LogP contribution is 2.24. The van der Waals surface area contributed by atoms with Crippen molar-refractivity contribution in [2.24, 2.45) is 10.9 Å². The average Bonchev–Trinajstić information content (AvgIpc) is 2.97. The summed E-state index contributed by atoms with van der Waals surface area (Å²) in [5.74, 6) is 2.82. The molecule has 1 aliphatic heterocycles. The Bertz CT molecular complexity index is 733. The topological polar surface area (TPSA) is 44.9 Å². The second kappa shape index (κ2) is 9.45. The molecule has 2 aromatic heterocycles. The maximum Gasteiger partial charge on any atom is 0.194 e. The lowest BCUT2D eigenvalue weighted by Gasteiger charge is -2.36. The number of halogens is 2. The Morgan fingerprint density at radius 2 is 2.24 bits per heavy atom. The molecule has 0 aliphatic carbocycles. The molecule has 1 N–H and O–H groups in total. The number of fused-ring (bicyclic) bond motifs is 1. The van der Waals surface area contributed by atoms with Crippen molar-refractivity contribution < 1.29 is 0 Å². The summed E-state index contributed by atoms with van der Waals surface area (Å²) in [4.78, 5) is 11.5. The first-order chi connectivity index (χ1) is 11.6. The van der Waals surface area contributed by atoms with E-state index in [0.717, 1.165) is 40.6 Å². The summed E-state index contributed by atoms with van der Waals surface area (Å²) >= 11 is 5.57. The number of aromatic nitrogens is 2. The molecule has 0 amide bonds. The zero-order valence-corrected chi connectivity index (χ0v) is 19.5. The molecule has 8 heteroatoms. The van der Waals surface area contributed by atoms with Crippen LogP contribution in [0, 0.1) is 5.92 Å². The van der Waals surface area contributed by atoms with E-state index in [9.17, 15) is 0 Å². The van der Waals surface area contributed by atoms with Crippen LogP contribution in [-0.2, 0) is 6.54 Å². The molecule has 1 atom stereocenters. The van der Waals surface area contributed by atoms with Crippen LogP contribution in [-0.4, -0.2) is 51.4 Å². The molecule has 2 aromatic rings. The predicted molar refractivity (Wildman–Crippen MR) is 121 cm³/mol. The molecular weight excluding hydrogens is 513 g/mol. The van der Waals surface area contributed by atoms with Gasteiger partial charge in [0.05, 0.1) is 12.2 Å². The smallest absolute Gasteiger partial charge is 0.194 e. The Balaban J connectivity index is 0.00000225. The van der Waals surface area contributed by atoms with Crippen LogP contribution in [0.4, 0.5) is 0 Å². The summed E-state index contributed by atoms with van der Waals surface area (Å²) in [5.41, 5.74) is 1.97. The summed E-state index contributed by atoms with van der Waals surface area (Å²) in [6.07, 6.45) is 4.08. The number of aliphatic imine (C=N–C) groups is 1. The third-order valence-electron chi connectivity index (χ3n) is 4.24. The Morgan fingerprint density at radius 3 is 2.96 bits per heavy atom. The van der Waals surface area contributed by atoms with Crippen molar-refractivity contribution in [3.63, 3.8) is 0 Å². The molecule has 0 aromatic carbocycles. The summed E-state index contributed by atoms with van der Waals surface area (Å²) in [6.45, 7) is 7.38. The molecule has 138 valence electrons. The first-order valence-electron chi connectivity index (χ1n) is 8.27. The van der Waals surface area contributed by atoms with E-state index in [2.05, 4.69) is 67.9 Å². The molecule has 25 heavy (non-hydrogen) atoms. The molecule has 3 rings (SSSR count). The van der Waals surface area contributed by atoms with Crippen molar-refractivity contribution in [3.05, 3.63) is 34.7 Å². The molecule has 1 aliphatic rings. The number of imidazole rings is 1. The van der Waals surface area contributed by atoms with Crippen molar-refractivity contribution in [2.75, 3.05) is 25.9 Å². The molecule has 5 nitrogen and oxygen atoms in total. The van der Waals surface area contributed by atoms with Crippen LogP contribution in [0.15, 0.2) is 34.0 Å². The predicted octanol–water partition coefficient (Wildman–Crippen LogP) is 3.86. The van der Waals surface area contributed by atoms with Crippen molar-refractivity contribution in [2.45, 2.75) is 25.6 Å². The second-order valence-corrected chi connectivity index (χ2v) is 8.61. The van der Waals surface area contributed by atoms with E-state index in [-0.39, 0.29) is 24.0 Å². The highest BCUT2D eigenvalue weighted by atomic mass is 127. The molecule has 0 radical (unpaired) electrons. The fraction of sp³-hybridized carbons (Fsp3) is 0.529. The van der Waals surface area contributed by atoms with Crippen LogP contribution in [0.25, 0.3) is 5.65 Å². The Labute approximate surface area is 179 Å². The largest absolute Gasteiger partial charge is 0.351 e. The van der Waals surface area contributed by atoms with Gasteiger partial charge in [-0.25, -0.2) is 4.98 Å². The Kier molecular flexibility index (Phi) is 7.88. The summed E-state index contributed by atoms with van der Waals surface area (Å²) < 4.78 is 3.09. The third-order valence-corrected chi connectivity index (χ3v) is 6.25. The first-order valence-corrected chi connectivity index (χ1v) is 10.1. The number of thioether (sulfide) groups is 1. The molecule has 0 bridgehead atoms. The van der Waals surface area contributed by atoms with E-state index in [4.69, 9.17) is 0 Å². The SMILES string of the molecule is CN=C(NCc1cn2cc(Br)ccc2n1)N1CCSC(C(C)C)C1.I. The number of hydrogen-bond acceptors (Lipinski definition) is 3. The van der Waals surface area contributed by atoms with E-state index in [1.807, 2.05) is 29.8 Å². The molecule has 1 fully saturated rings. The van der Waals surface area contributed by atoms with Crippen molar-refractivity contribution in [3.8, 4) is 0 Å². The van der Waals surface area contributed by atoms with Gasteiger partial charge in [-0.05, 0) is 34.0 Å². The number of rotatable bonds is 3. The summed E-state index contributed by atoms with van der Waals surface area (Å²) in [5, 5.41) is 4.14. The quantitative estimate of drug-likeness (QED) is 0.367. The van der Waals surface area contributed by atoms with E-state index in [1.165, 1.54) is 0 Å². The van der Waals surface area contributed by atoms with Crippen molar-refractivity contribution >= 4 is 63.3 Å². The minimum Gasteiger partial charge on any atom is -0.351 e. The normalized spacial score (nSPS) is 18.5.